The van der Waals surface area contributed by atoms with Gasteiger partial charge in [-0.2, -0.15) is 0 Å². The Labute approximate surface area is 167 Å². The highest BCUT2D eigenvalue weighted by atomic mass is 32.2. The van der Waals surface area contributed by atoms with E-state index in [2.05, 4.69) is 10.0 Å². The summed E-state index contributed by atoms with van der Waals surface area (Å²) in [4.78, 5) is 0.274. The number of rotatable bonds is 7. The van der Waals surface area contributed by atoms with Crippen molar-refractivity contribution in [1.29, 1.82) is 0 Å². The molecule has 0 fully saturated rings. The third-order valence-corrected chi connectivity index (χ3v) is 6.12. The molecule has 3 aromatic rings. The molecule has 0 aliphatic heterocycles. The van der Waals surface area contributed by atoms with E-state index in [0.29, 0.717) is 0 Å². The van der Waals surface area contributed by atoms with Crippen LogP contribution < -0.4 is 10.0 Å². The molecule has 0 aliphatic rings. The molecule has 0 bridgehead atoms. The van der Waals surface area contributed by atoms with Crippen LogP contribution in [0, 0.1) is 20.8 Å². The van der Waals surface area contributed by atoms with E-state index in [4.69, 9.17) is 0 Å². The Morgan fingerprint density at radius 3 is 1.71 bits per heavy atom. The fraction of sp³-hybridized carbons (Fsp3) is 0.217. The lowest BCUT2D eigenvalue weighted by Crippen LogP contribution is -2.31. The standard InChI is InChI=1S/C23H26N2O2S/c1-17-4-10-20(11-5-17)23(25-21-12-6-18(2)7-13-21)16-24-28(26,27)22-14-8-19(3)9-15-22/h4-15,23-25H,16H2,1-3H3. The van der Waals surface area contributed by atoms with Crippen LogP contribution in [0.5, 0.6) is 0 Å². The molecule has 146 valence electrons. The second-order valence-electron chi connectivity index (χ2n) is 7.14. The number of hydrogen-bond donors (Lipinski definition) is 2. The molecule has 1 atom stereocenters. The molecule has 28 heavy (non-hydrogen) atoms. The summed E-state index contributed by atoms with van der Waals surface area (Å²) in [5, 5.41) is 3.45. The van der Waals surface area contributed by atoms with E-state index < -0.39 is 10.0 Å². The maximum atomic E-state index is 12.7. The molecule has 0 saturated heterocycles. The van der Waals surface area contributed by atoms with Crippen LogP contribution in [-0.2, 0) is 10.0 Å². The van der Waals surface area contributed by atoms with Crippen molar-refractivity contribution in [2.45, 2.75) is 31.7 Å². The van der Waals surface area contributed by atoms with E-state index in [9.17, 15) is 8.42 Å². The first kappa shape index (κ1) is 20.1. The molecule has 0 aromatic heterocycles. The zero-order chi connectivity index (χ0) is 20.1. The lowest BCUT2D eigenvalue weighted by atomic mass is 10.0. The molecule has 0 heterocycles. The fourth-order valence-electron chi connectivity index (χ4n) is 2.90. The lowest BCUT2D eigenvalue weighted by Gasteiger charge is -2.21. The zero-order valence-corrected chi connectivity index (χ0v) is 17.3. The second-order valence-corrected chi connectivity index (χ2v) is 8.91. The van der Waals surface area contributed by atoms with Crippen molar-refractivity contribution < 1.29 is 8.42 Å². The predicted octanol–water partition coefficient (Wildman–Crippen LogP) is 4.74. The second kappa shape index (κ2) is 8.59. The van der Waals surface area contributed by atoms with Crippen LogP contribution in [0.2, 0.25) is 0 Å². The molecule has 1 unspecified atom stereocenters. The number of sulfonamides is 1. The number of aryl methyl sites for hydroxylation is 3. The molecule has 0 aliphatic carbocycles. The normalized spacial score (nSPS) is 12.5. The van der Waals surface area contributed by atoms with Crippen LogP contribution in [0.25, 0.3) is 0 Å². The number of benzene rings is 3. The minimum absolute atomic E-state index is 0.191. The predicted molar refractivity (Wildman–Crippen MR) is 115 cm³/mol. The maximum absolute atomic E-state index is 12.7. The Hall–Kier alpha value is -2.63. The highest BCUT2D eigenvalue weighted by Crippen LogP contribution is 2.21. The largest absolute Gasteiger partial charge is 0.377 e. The van der Waals surface area contributed by atoms with Gasteiger partial charge in [0.1, 0.15) is 0 Å². The molecule has 0 radical (unpaired) electrons. The van der Waals surface area contributed by atoms with Gasteiger partial charge in [-0.1, -0.05) is 65.2 Å². The Morgan fingerprint density at radius 1 is 0.714 bits per heavy atom. The van der Waals surface area contributed by atoms with Gasteiger partial charge in [-0.15, -0.1) is 0 Å². The van der Waals surface area contributed by atoms with Gasteiger partial charge < -0.3 is 5.32 Å². The average Bonchev–Trinajstić information content (AvgIpc) is 2.68. The Balaban J connectivity index is 1.81. The minimum atomic E-state index is -3.58. The first-order valence-electron chi connectivity index (χ1n) is 9.29. The number of anilines is 1. The summed E-state index contributed by atoms with van der Waals surface area (Å²) in [6, 6.07) is 22.9. The van der Waals surface area contributed by atoms with Crippen molar-refractivity contribution in [1.82, 2.24) is 4.72 Å². The summed E-state index contributed by atoms with van der Waals surface area (Å²) in [5.41, 5.74) is 5.34. The molecule has 0 amide bonds. The van der Waals surface area contributed by atoms with E-state index in [-0.39, 0.29) is 17.5 Å². The summed E-state index contributed by atoms with van der Waals surface area (Å²) in [6.45, 7) is 6.25. The first-order chi connectivity index (χ1) is 13.3. The van der Waals surface area contributed by atoms with Crippen LogP contribution in [0.3, 0.4) is 0 Å². The first-order valence-corrected chi connectivity index (χ1v) is 10.8. The van der Waals surface area contributed by atoms with Crippen molar-refractivity contribution in [2.24, 2.45) is 0 Å². The van der Waals surface area contributed by atoms with Crippen LogP contribution in [0.1, 0.15) is 28.3 Å². The molecule has 4 nitrogen and oxygen atoms in total. The van der Waals surface area contributed by atoms with E-state index in [0.717, 1.165) is 22.4 Å². The van der Waals surface area contributed by atoms with Gasteiger partial charge in [0.15, 0.2) is 0 Å². The summed E-state index contributed by atoms with van der Waals surface area (Å²) in [5.74, 6) is 0. The Kier molecular flexibility index (Phi) is 6.17. The van der Waals surface area contributed by atoms with Crippen LogP contribution in [0.15, 0.2) is 77.7 Å². The third kappa shape index (κ3) is 5.21. The number of nitrogens with one attached hydrogen (secondary N) is 2. The van der Waals surface area contributed by atoms with Crippen LogP contribution in [0.4, 0.5) is 5.69 Å². The molecule has 3 aromatic carbocycles. The van der Waals surface area contributed by atoms with E-state index in [1.54, 1.807) is 24.3 Å². The molecule has 0 spiro atoms. The maximum Gasteiger partial charge on any atom is 0.240 e. The topological polar surface area (TPSA) is 58.2 Å². The van der Waals surface area contributed by atoms with Crippen molar-refractivity contribution in [3.8, 4) is 0 Å². The molecule has 0 saturated carbocycles. The smallest absolute Gasteiger partial charge is 0.240 e. The van der Waals surface area contributed by atoms with Gasteiger partial charge in [0.05, 0.1) is 10.9 Å². The van der Waals surface area contributed by atoms with Gasteiger partial charge in [0.2, 0.25) is 10.0 Å². The van der Waals surface area contributed by atoms with Crippen LogP contribution in [-0.4, -0.2) is 15.0 Å². The van der Waals surface area contributed by atoms with Gasteiger partial charge in [-0.3, -0.25) is 0 Å². The summed E-state index contributed by atoms with van der Waals surface area (Å²) in [7, 11) is -3.58. The van der Waals surface area contributed by atoms with Crippen molar-refractivity contribution in [3.05, 3.63) is 95.1 Å². The molecule has 3 rings (SSSR count). The third-order valence-electron chi connectivity index (χ3n) is 4.68. The van der Waals surface area contributed by atoms with E-state index in [1.165, 1.54) is 5.56 Å². The summed E-state index contributed by atoms with van der Waals surface area (Å²) >= 11 is 0. The molecule has 5 heteroatoms. The molecule has 2 N–H and O–H groups in total. The Bertz CT molecular complexity index is 1010. The number of hydrogen-bond acceptors (Lipinski definition) is 3. The van der Waals surface area contributed by atoms with Gasteiger partial charge in [-0.05, 0) is 50.6 Å². The SMILES string of the molecule is Cc1ccc(NC(CNS(=O)(=O)c2ccc(C)cc2)c2ccc(C)cc2)cc1. The lowest BCUT2D eigenvalue weighted by molar-refractivity contribution is 0.576. The zero-order valence-electron chi connectivity index (χ0n) is 16.4. The quantitative estimate of drug-likeness (QED) is 0.608. The van der Waals surface area contributed by atoms with Gasteiger partial charge in [0.25, 0.3) is 0 Å². The van der Waals surface area contributed by atoms with Crippen molar-refractivity contribution in [3.63, 3.8) is 0 Å². The molecular formula is C23H26N2O2S. The minimum Gasteiger partial charge on any atom is -0.377 e. The fourth-order valence-corrected chi connectivity index (χ4v) is 3.94. The molecular weight excluding hydrogens is 368 g/mol. The monoisotopic (exact) mass is 394 g/mol. The van der Waals surface area contributed by atoms with Gasteiger partial charge in [0, 0.05) is 12.2 Å². The Morgan fingerprint density at radius 2 is 1.18 bits per heavy atom. The highest BCUT2D eigenvalue weighted by molar-refractivity contribution is 7.89. The van der Waals surface area contributed by atoms with Crippen molar-refractivity contribution in [2.75, 3.05) is 11.9 Å². The van der Waals surface area contributed by atoms with Crippen LogP contribution >= 0.6 is 0 Å². The van der Waals surface area contributed by atoms with Gasteiger partial charge >= 0.3 is 0 Å². The van der Waals surface area contributed by atoms with Gasteiger partial charge in [-0.25, -0.2) is 13.1 Å². The summed E-state index contributed by atoms with van der Waals surface area (Å²) in [6.07, 6.45) is 0. The highest BCUT2D eigenvalue weighted by Gasteiger charge is 2.18. The average molecular weight is 395 g/mol. The summed E-state index contributed by atoms with van der Waals surface area (Å²) < 4.78 is 28.1. The van der Waals surface area contributed by atoms with Crippen molar-refractivity contribution >= 4 is 15.7 Å². The van der Waals surface area contributed by atoms with E-state index >= 15 is 0 Å². The van der Waals surface area contributed by atoms with E-state index in [1.807, 2.05) is 69.3 Å².